The van der Waals surface area contributed by atoms with Crippen molar-refractivity contribution in [1.29, 1.82) is 0 Å². The highest BCUT2D eigenvalue weighted by molar-refractivity contribution is 7.99. The van der Waals surface area contributed by atoms with Crippen molar-refractivity contribution in [3.8, 4) is 5.75 Å². The molecule has 1 aliphatic heterocycles. The average Bonchev–Trinajstić information content (AvgIpc) is 3.63. The highest BCUT2D eigenvalue weighted by Crippen LogP contribution is 2.37. The Kier molecular flexibility index (Phi) is 6.42. The number of imidazole rings is 1. The van der Waals surface area contributed by atoms with Crippen LogP contribution < -0.4 is 10.1 Å². The summed E-state index contributed by atoms with van der Waals surface area (Å²) in [6.07, 6.45) is 2.79. The van der Waals surface area contributed by atoms with Gasteiger partial charge in [0.2, 0.25) is 5.91 Å². The van der Waals surface area contributed by atoms with Gasteiger partial charge in [-0.15, -0.1) is 0 Å². The number of ether oxygens (including phenoxy) is 1. The van der Waals surface area contributed by atoms with E-state index in [2.05, 4.69) is 45.5 Å². The standard InChI is InChI=1S/C29H30N4O2S/c1-35-27-13-7-4-10-21(27)17-30-28(34)26-16-23(36-29-31-24-11-5-6-12-25(24)32-29)18-33(26)22-14-19-8-2-3-9-20(19)15-22/h2-13,22-23,26H,14-18H2,1H3,(H,30,34)(H,31,32)/t23-,26+/m1/s1. The lowest BCUT2D eigenvalue weighted by Crippen LogP contribution is -2.48. The number of thioether (sulfide) groups is 1. The summed E-state index contributed by atoms with van der Waals surface area (Å²) in [5.41, 5.74) is 5.83. The lowest BCUT2D eigenvalue weighted by molar-refractivity contribution is -0.126. The molecule has 0 radical (unpaired) electrons. The molecule has 0 spiro atoms. The number of carbonyl (C=O) groups is 1. The first-order chi connectivity index (χ1) is 17.7. The van der Waals surface area contributed by atoms with E-state index < -0.39 is 0 Å². The molecule has 2 heterocycles. The third-order valence-corrected chi connectivity index (χ3v) is 8.49. The van der Waals surface area contributed by atoms with E-state index in [0.29, 0.717) is 12.6 Å². The number of aromatic amines is 1. The van der Waals surface area contributed by atoms with Crippen LogP contribution in [0.4, 0.5) is 0 Å². The molecule has 1 aromatic heterocycles. The van der Waals surface area contributed by atoms with Gasteiger partial charge < -0.3 is 15.0 Å². The molecule has 0 saturated carbocycles. The Balaban J connectivity index is 1.20. The Morgan fingerprint density at radius 2 is 1.78 bits per heavy atom. The Bertz CT molecular complexity index is 1330. The van der Waals surface area contributed by atoms with Gasteiger partial charge in [0.05, 0.1) is 24.2 Å². The number of benzene rings is 3. The SMILES string of the molecule is COc1ccccc1CNC(=O)[C@@H]1C[C@@H](Sc2nc3ccccc3[nH]2)CN1C1Cc2ccccc2C1. The van der Waals surface area contributed by atoms with E-state index in [4.69, 9.17) is 9.72 Å². The molecule has 6 nitrogen and oxygen atoms in total. The predicted molar refractivity (Wildman–Crippen MR) is 143 cm³/mol. The van der Waals surface area contributed by atoms with Gasteiger partial charge >= 0.3 is 0 Å². The monoisotopic (exact) mass is 498 g/mol. The van der Waals surface area contributed by atoms with Crippen LogP contribution >= 0.6 is 11.8 Å². The third kappa shape index (κ3) is 4.61. The van der Waals surface area contributed by atoms with Crippen LogP contribution in [0.3, 0.4) is 0 Å². The molecule has 2 N–H and O–H groups in total. The molecular formula is C29H30N4O2S. The number of likely N-dealkylation sites (tertiary alicyclic amines) is 1. The van der Waals surface area contributed by atoms with Crippen LogP contribution in [0.15, 0.2) is 78.0 Å². The minimum Gasteiger partial charge on any atom is -0.496 e. The normalized spacial score (nSPS) is 20.0. The minimum atomic E-state index is -0.166. The molecule has 6 rings (SSSR count). The molecule has 4 aromatic rings. The van der Waals surface area contributed by atoms with Crippen molar-refractivity contribution >= 4 is 28.7 Å². The van der Waals surface area contributed by atoms with Crippen molar-refractivity contribution in [2.45, 2.75) is 48.3 Å². The summed E-state index contributed by atoms with van der Waals surface area (Å²) in [6, 6.07) is 24.8. The van der Waals surface area contributed by atoms with Gasteiger partial charge in [0.1, 0.15) is 5.75 Å². The number of amides is 1. The van der Waals surface area contributed by atoms with Crippen LogP contribution in [0.5, 0.6) is 5.75 Å². The molecule has 1 fully saturated rings. The molecule has 0 bridgehead atoms. The number of H-pyrrole nitrogens is 1. The first-order valence-electron chi connectivity index (χ1n) is 12.5. The van der Waals surface area contributed by atoms with Gasteiger partial charge in [0.15, 0.2) is 5.16 Å². The van der Waals surface area contributed by atoms with Gasteiger partial charge in [-0.2, -0.15) is 0 Å². The Morgan fingerprint density at radius 1 is 1.06 bits per heavy atom. The van der Waals surface area contributed by atoms with Crippen LogP contribution in [0.1, 0.15) is 23.1 Å². The highest BCUT2D eigenvalue weighted by atomic mass is 32.2. The number of hydrogen-bond donors (Lipinski definition) is 2. The molecule has 0 unspecified atom stereocenters. The van der Waals surface area contributed by atoms with Crippen molar-refractivity contribution in [3.05, 3.63) is 89.5 Å². The van der Waals surface area contributed by atoms with Crippen molar-refractivity contribution in [3.63, 3.8) is 0 Å². The van der Waals surface area contributed by atoms with Gasteiger partial charge in [-0.25, -0.2) is 4.98 Å². The van der Waals surface area contributed by atoms with E-state index in [1.54, 1.807) is 18.9 Å². The Hall–Kier alpha value is -3.29. The summed E-state index contributed by atoms with van der Waals surface area (Å²) in [7, 11) is 1.66. The summed E-state index contributed by atoms with van der Waals surface area (Å²) in [4.78, 5) is 24.2. The van der Waals surface area contributed by atoms with Gasteiger partial charge in [-0.1, -0.05) is 66.4 Å². The number of para-hydroxylation sites is 3. The summed E-state index contributed by atoms with van der Waals surface area (Å²) in [5, 5.41) is 4.41. The van der Waals surface area contributed by atoms with E-state index >= 15 is 0 Å². The van der Waals surface area contributed by atoms with E-state index in [1.807, 2.05) is 42.5 Å². The molecular weight excluding hydrogens is 468 g/mol. The van der Waals surface area contributed by atoms with E-state index in [9.17, 15) is 4.79 Å². The molecule has 184 valence electrons. The number of hydrogen-bond acceptors (Lipinski definition) is 5. The van der Waals surface area contributed by atoms with Gasteiger partial charge in [-0.3, -0.25) is 9.69 Å². The fourth-order valence-electron chi connectivity index (χ4n) is 5.63. The predicted octanol–water partition coefficient (Wildman–Crippen LogP) is 4.59. The van der Waals surface area contributed by atoms with Crippen LogP contribution in [-0.4, -0.2) is 51.8 Å². The Morgan fingerprint density at radius 3 is 2.56 bits per heavy atom. The molecule has 2 aliphatic rings. The lowest BCUT2D eigenvalue weighted by Gasteiger charge is -2.29. The second-order valence-electron chi connectivity index (χ2n) is 9.61. The Labute approximate surface area is 215 Å². The summed E-state index contributed by atoms with van der Waals surface area (Å²) in [5.74, 6) is 0.884. The van der Waals surface area contributed by atoms with E-state index in [1.165, 1.54) is 11.1 Å². The maximum atomic E-state index is 13.6. The molecule has 36 heavy (non-hydrogen) atoms. The quantitative estimate of drug-likeness (QED) is 0.390. The fraction of sp³-hybridized carbons (Fsp3) is 0.310. The van der Waals surface area contributed by atoms with Gasteiger partial charge in [0, 0.05) is 29.9 Å². The van der Waals surface area contributed by atoms with Crippen molar-refractivity contribution in [2.24, 2.45) is 0 Å². The molecule has 7 heteroatoms. The largest absolute Gasteiger partial charge is 0.496 e. The molecule has 1 aliphatic carbocycles. The van der Waals surface area contributed by atoms with Crippen LogP contribution in [-0.2, 0) is 24.2 Å². The van der Waals surface area contributed by atoms with Crippen molar-refractivity contribution < 1.29 is 9.53 Å². The smallest absolute Gasteiger partial charge is 0.237 e. The van der Waals surface area contributed by atoms with E-state index in [-0.39, 0.29) is 17.2 Å². The maximum absolute atomic E-state index is 13.6. The van der Waals surface area contributed by atoms with Crippen molar-refractivity contribution in [2.75, 3.05) is 13.7 Å². The molecule has 2 atom stereocenters. The second kappa shape index (κ2) is 9.99. The van der Waals surface area contributed by atoms with Gasteiger partial charge in [-0.05, 0) is 48.6 Å². The zero-order valence-electron chi connectivity index (χ0n) is 20.3. The zero-order chi connectivity index (χ0) is 24.5. The van der Waals surface area contributed by atoms with E-state index in [0.717, 1.165) is 53.3 Å². The zero-order valence-corrected chi connectivity index (χ0v) is 21.1. The minimum absolute atomic E-state index is 0.0876. The van der Waals surface area contributed by atoms with Crippen LogP contribution in [0, 0.1) is 0 Å². The number of fused-ring (bicyclic) bond motifs is 2. The van der Waals surface area contributed by atoms with Crippen LogP contribution in [0.2, 0.25) is 0 Å². The topological polar surface area (TPSA) is 70.2 Å². The lowest BCUT2D eigenvalue weighted by atomic mass is 10.1. The number of nitrogens with zero attached hydrogens (tertiary/aromatic N) is 2. The number of nitrogens with one attached hydrogen (secondary N) is 2. The summed E-state index contributed by atoms with van der Waals surface area (Å²) < 4.78 is 5.47. The molecule has 1 saturated heterocycles. The first kappa shape index (κ1) is 23.1. The third-order valence-electron chi connectivity index (χ3n) is 7.39. The van der Waals surface area contributed by atoms with Crippen molar-refractivity contribution in [1.82, 2.24) is 20.2 Å². The number of methoxy groups -OCH3 is 1. The number of carbonyl (C=O) groups excluding carboxylic acids is 1. The maximum Gasteiger partial charge on any atom is 0.237 e. The van der Waals surface area contributed by atoms with Gasteiger partial charge in [0.25, 0.3) is 0 Å². The fourth-order valence-corrected chi connectivity index (χ4v) is 6.79. The highest BCUT2D eigenvalue weighted by Gasteiger charge is 2.42. The first-order valence-corrected chi connectivity index (χ1v) is 13.4. The number of rotatable bonds is 7. The second-order valence-corrected chi connectivity index (χ2v) is 10.9. The average molecular weight is 499 g/mol. The van der Waals surface area contributed by atoms with Crippen LogP contribution in [0.25, 0.3) is 11.0 Å². The molecule has 1 amide bonds. The molecule has 3 aromatic carbocycles. The summed E-state index contributed by atoms with van der Waals surface area (Å²) >= 11 is 1.76. The summed E-state index contributed by atoms with van der Waals surface area (Å²) in [6.45, 7) is 1.33. The number of aromatic nitrogens is 2.